The Kier molecular flexibility index (Phi) is 4.48. The predicted octanol–water partition coefficient (Wildman–Crippen LogP) is 2.12. The molecular formula is C12H10N2O2. The molecule has 0 saturated carbocycles. The van der Waals surface area contributed by atoms with Gasteiger partial charge in [0.15, 0.2) is 0 Å². The van der Waals surface area contributed by atoms with Crippen molar-refractivity contribution in [3.63, 3.8) is 0 Å². The zero-order chi connectivity index (χ0) is 11.8. The first kappa shape index (κ1) is 11.7. The van der Waals surface area contributed by atoms with Crippen molar-refractivity contribution in [2.75, 3.05) is 0 Å². The maximum absolute atomic E-state index is 10.4. The Labute approximate surface area is 93.4 Å². The van der Waals surface area contributed by atoms with Crippen LogP contribution in [0, 0.1) is 11.3 Å². The number of benzene rings is 1. The van der Waals surface area contributed by atoms with E-state index in [1.54, 1.807) is 24.3 Å². The first-order valence-corrected chi connectivity index (χ1v) is 4.60. The van der Waals surface area contributed by atoms with Crippen molar-refractivity contribution in [2.45, 2.75) is 6.92 Å². The fourth-order valence-electron chi connectivity index (χ4n) is 0.963. The Morgan fingerprint density at radius 3 is 2.69 bits per heavy atom. The van der Waals surface area contributed by atoms with E-state index in [0.717, 1.165) is 5.56 Å². The van der Waals surface area contributed by atoms with Crippen molar-refractivity contribution < 1.29 is 9.63 Å². The van der Waals surface area contributed by atoms with Gasteiger partial charge in [-0.3, -0.25) is 0 Å². The van der Waals surface area contributed by atoms with Gasteiger partial charge in [-0.15, -0.1) is 0 Å². The fraction of sp³-hybridized carbons (Fsp3) is 0.0833. The number of nitrogens with zero attached hydrogens (tertiary/aromatic N) is 2. The van der Waals surface area contributed by atoms with Gasteiger partial charge in [-0.05, 0) is 23.8 Å². The van der Waals surface area contributed by atoms with Gasteiger partial charge in [0.2, 0.25) is 0 Å². The van der Waals surface area contributed by atoms with Crippen molar-refractivity contribution >= 4 is 18.3 Å². The Balaban J connectivity index is 2.53. The van der Waals surface area contributed by atoms with E-state index in [2.05, 4.69) is 9.99 Å². The molecule has 0 heterocycles. The number of carbonyl (C=O) groups excluding carboxylic acids is 1. The van der Waals surface area contributed by atoms with Gasteiger partial charge in [-0.2, -0.15) is 5.26 Å². The number of oxime groups is 1. The lowest BCUT2D eigenvalue weighted by atomic mass is 10.1. The third-order valence-corrected chi connectivity index (χ3v) is 1.66. The molecule has 0 N–H and O–H groups in total. The van der Waals surface area contributed by atoms with Crippen molar-refractivity contribution in [2.24, 2.45) is 5.16 Å². The first-order valence-electron chi connectivity index (χ1n) is 4.60. The second-order valence-corrected chi connectivity index (χ2v) is 2.93. The Morgan fingerprint density at radius 2 is 2.12 bits per heavy atom. The monoisotopic (exact) mass is 214 g/mol. The van der Waals surface area contributed by atoms with Gasteiger partial charge in [0, 0.05) is 6.92 Å². The molecule has 0 spiro atoms. The number of nitriles is 1. The van der Waals surface area contributed by atoms with Crippen LogP contribution in [0.4, 0.5) is 0 Å². The first-order chi connectivity index (χ1) is 7.72. The van der Waals surface area contributed by atoms with E-state index in [4.69, 9.17) is 5.26 Å². The minimum atomic E-state index is -0.456. The van der Waals surface area contributed by atoms with E-state index < -0.39 is 5.97 Å². The normalized spacial score (nSPS) is 10.5. The van der Waals surface area contributed by atoms with Gasteiger partial charge in [-0.25, -0.2) is 4.79 Å². The molecule has 4 heteroatoms. The second-order valence-electron chi connectivity index (χ2n) is 2.93. The summed E-state index contributed by atoms with van der Waals surface area (Å²) in [5.41, 5.74) is 1.55. The van der Waals surface area contributed by atoms with E-state index in [9.17, 15) is 4.79 Å². The van der Waals surface area contributed by atoms with Crippen LogP contribution < -0.4 is 0 Å². The molecule has 0 aliphatic carbocycles. The minimum absolute atomic E-state index is 0.456. The molecule has 4 nitrogen and oxygen atoms in total. The van der Waals surface area contributed by atoms with Gasteiger partial charge < -0.3 is 4.84 Å². The lowest BCUT2D eigenvalue weighted by molar-refractivity contribution is -0.140. The Hall–Kier alpha value is -2.41. The summed E-state index contributed by atoms with van der Waals surface area (Å²) in [6.07, 6.45) is 4.80. The molecule has 0 atom stereocenters. The molecular weight excluding hydrogens is 204 g/mol. The predicted molar refractivity (Wildman–Crippen MR) is 60.4 cm³/mol. The smallest absolute Gasteiger partial charge is 0.319 e. The molecule has 0 aromatic heterocycles. The van der Waals surface area contributed by atoms with E-state index in [1.807, 2.05) is 18.2 Å². The SMILES string of the molecule is CC(=O)ON=C/C=C/c1ccc(C#N)cc1. The van der Waals surface area contributed by atoms with Crippen molar-refractivity contribution in [3.8, 4) is 6.07 Å². The molecule has 0 amide bonds. The molecule has 0 bridgehead atoms. The zero-order valence-corrected chi connectivity index (χ0v) is 8.75. The van der Waals surface area contributed by atoms with Gasteiger partial charge in [0.05, 0.1) is 17.8 Å². The molecule has 0 radical (unpaired) electrons. The molecule has 80 valence electrons. The molecule has 1 aromatic rings. The largest absolute Gasteiger partial charge is 0.331 e. The number of hydrogen-bond donors (Lipinski definition) is 0. The van der Waals surface area contributed by atoms with Gasteiger partial charge in [0.1, 0.15) is 0 Å². The van der Waals surface area contributed by atoms with Crippen LogP contribution in [-0.4, -0.2) is 12.2 Å². The molecule has 1 rings (SSSR count). The van der Waals surface area contributed by atoms with Crippen molar-refractivity contribution in [1.29, 1.82) is 5.26 Å². The van der Waals surface area contributed by atoms with Crippen LogP contribution in [0.25, 0.3) is 6.08 Å². The van der Waals surface area contributed by atoms with Crippen LogP contribution in [0.2, 0.25) is 0 Å². The highest BCUT2D eigenvalue weighted by Gasteiger charge is 1.88. The van der Waals surface area contributed by atoms with E-state index in [0.29, 0.717) is 5.56 Å². The van der Waals surface area contributed by atoms with Crippen LogP contribution >= 0.6 is 0 Å². The highest BCUT2D eigenvalue weighted by molar-refractivity contribution is 5.78. The summed E-state index contributed by atoms with van der Waals surface area (Å²) < 4.78 is 0. The molecule has 1 aromatic carbocycles. The minimum Gasteiger partial charge on any atom is -0.319 e. The third kappa shape index (κ3) is 4.20. The molecule has 0 saturated heterocycles. The van der Waals surface area contributed by atoms with Crippen LogP contribution in [0.5, 0.6) is 0 Å². The zero-order valence-electron chi connectivity index (χ0n) is 8.75. The molecule has 0 fully saturated rings. The molecule has 16 heavy (non-hydrogen) atoms. The lowest BCUT2D eigenvalue weighted by Crippen LogP contribution is -1.89. The average Bonchev–Trinajstić information content (AvgIpc) is 2.29. The Bertz CT molecular complexity index is 453. The maximum atomic E-state index is 10.4. The van der Waals surface area contributed by atoms with Crippen LogP contribution in [0.3, 0.4) is 0 Å². The van der Waals surface area contributed by atoms with Gasteiger partial charge in [-0.1, -0.05) is 23.4 Å². The fourth-order valence-corrected chi connectivity index (χ4v) is 0.963. The summed E-state index contributed by atoms with van der Waals surface area (Å²) in [6.45, 7) is 1.28. The third-order valence-electron chi connectivity index (χ3n) is 1.66. The summed E-state index contributed by atoms with van der Waals surface area (Å²) in [7, 11) is 0. The molecule has 0 unspecified atom stereocenters. The van der Waals surface area contributed by atoms with Crippen molar-refractivity contribution in [3.05, 3.63) is 41.5 Å². The summed E-state index contributed by atoms with van der Waals surface area (Å²) in [4.78, 5) is 14.7. The second kappa shape index (κ2) is 6.14. The standard InChI is InChI=1S/C12H10N2O2/c1-10(15)16-14-8-2-3-11-4-6-12(9-13)7-5-11/h2-8H,1H3/b3-2+,14-8?. The van der Waals surface area contributed by atoms with Gasteiger partial charge in [0.25, 0.3) is 0 Å². The molecule has 0 aliphatic rings. The van der Waals surface area contributed by atoms with Crippen LogP contribution in [-0.2, 0) is 9.63 Å². The van der Waals surface area contributed by atoms with E-state index in [-0.39, 0.29) is 0 Å². The Morgan fingerprint density at radius 1 is 1.44 bits per heavy atom. The molecule has 0 aliphatic heterocycles. The average molecular weight is 214 g/mol. The summed E-state index contributed by atoms with van der Waals surface area (Å²) in [5, 5.41) is 12.0. The quantitative estimate of drug-likeness (QED) is 0.440. The lowest BCUT2D eigenvalue weighted by Gasteiger charge is -1.91. The number of carbonyl (C=O) groups is 1. The number of rotatable bonds is 3. The van der Waals surface area contributed by atoms with E-state index in [1.165, 1.54) is 13.1 Å². The van der Waals surface area contributed by atoms with Gasteiger partial charge >= 0.3 is 5.97 Å². The summed E-state index contributed by atoms with van der Waals surface area (Å²) >= 11 is 0. The van der Waals surface area contributed by atoms with Crippen LogP contribution in [0.1, 0.15) is 18.1 Å². The summed E-state index contributed by atoms with van der Waals surface area (Å²) in [5.74, 6) is -0.456. The topological polar surface area (TPSA) is 62.4 Å². The van der Waals surface area contributed by atoms with Crippen molar-refractivity contribution in [1.82, 2.24) is 0 Å². The highest BCUT2D eigenvalue weighted by atomic mass is 16.7. The van der Waals surface area contributed by atoms with Crippen LogP contribution in [0.15, 0.2) is 35.5 Å². The summed E-state index contributed by atoms with van der Waals surface area (Å²) in [6, 6.07) is 9.11. The number of hydrogen-bond acceptors (Lipinski definition) is 4. The highest BCUT2D eigenvalue weighted by Crippen LogP contribution is 2.04. The van der Waals surface area contributed by atoms with E-state index >= 15 is 0 Å². The maximum Gasteiger partial charge on any atom is 0.331 e. The number of allylic oxidation sites excluding steroid dienone is 1.